The average molecular weight is 380 g/mol. The molecule has 0 saturated carbocycles. The van der Waals surface area contributed by atoms with Gasteiger partial charge in [0.25, 0.3) is 0 Å². The molecular formula is C21H24N4O3. The first-order valence-corrected chi connectivity index (χ1v) is 9.66. The third-order valence-electron chi connectivity index (χ3n) is 5.86. The van der Waals surface area contributed by atoms with Gasteiger partial charge >= 0.3 is 5.97 Å². The molecule has 2 aliphatic rings. The van der Waals surface area contributed by atoms with Crippen LogP contribution in [0.1, 0.15) is 41.7 Å². The summed E-state index contributed by atoms with van der Waals surface area (Å²) in [4.78, 5) is 36.0. The predicted molar refractivity (Wildman–Crippen MR) is 104 cm³/mol. The first kappa shape index (κ1) is 18.4. The summed E-state index contributed by atoms with van der Waals surface area (Å²) in [6, 6.07) is 7.41. The number of aromatic carboxylic acids is 1. The summed E-state index contributed by atoms with van der Waals surface area (Å²) >= 11 is 0. The third-order valence-corrected chi connectivity index (χ3v) is 5.86. The highest BCUT2D eigenvalue weighted by Crippen LogP contribution is 2.40. The Morgan fingerprint density at radius 2 is 1.96 bits per heavy atom. The van der Waals surface area contributed by atoms with Gasteiger partial charge in [0.2, 0.25) is 5.91 Å². The van der Waals surface area contributed by atoms with Gasteiger partial charge in [-0.15, -0.1) is 0 Å². The highest BCUT2D eigenvalue weighted by atomic mass is 16.4. The molecule has 4 rings (SSSR count). The normalized spacial score (nSPS) is 22.5. The van der Waals surface area contributed by atoms with Crippen LogP contribution >= 0.6 is 0 Å². The van der Waals surface area contributed by atoms with Crippen molar-refractivity contribution in [3.63, 3.8) is 0 Å². The number of carboxylic acids is 1. The molecule has 1 spiro atoms. The first-order valence-electron chi connectivity index (χ1n) is 9.66. The van der Waals surface area contributed by atoms with E-state index < -0.39 is 5.97 Å². The van der Waals surface area contributed by atoms with E-state index in [9.17, 15) is 14.7 Å². The second-order valence-corrected chi connectivity index (χ2v) is 7.83. The molecule has 7 heteroatoms. The van der Waals surface area contributed by atoms with Crippen molar-refractivity contribution in [1.29, 1.82) is 0 Å². The number of rotatable bonds is 4. The topological polar surface area (TPSA) is 86.6 Å². The molecule has 7 nitrogen and oxygen atoms in total. The second-order valence-electron chi connectivity index (χ2n) is 7.83. The Morgan fingerprint density at radius 1 is 1.14 bits per heavy atom. The molecule has 146 valence electrons. The molecule has 0 aliphatic carbocycles. The molecule has 0 bridgehead atoms. The lowest BCUT2D eigenvalue weighted by Gasteiger charge is -2.49. The number of hydrogen-bond donors (Lipinski definition) is 1. The van der Waals surface area contributed by atoms with Gasteiger partial charge in [0.15, 0.2) is 0 Å². The lowest BCUT2D eigenvalue weighted by Crippen LogP contribution is -2.53. The summed E-state index contributed by atoms with van der Waals surface area (Å²) in [5, 5.41) is 9.22. The van der Waals surface area contributed by atoms with E-state index in [0.717, 1.165) is 50.1 Å². The van der Waals surface area contributed by atoms with E-state index in [1.54, 1.807) is 24.7 Å². The van der Waals surface area contributed by atoms with Crippen molar-refractivity contribution in [3.8, 4) is 0 Å². The predicted octanol–water partition coefficient (Wildman–Crippen LogP) is 2.58. The number of nitrogens with zero attached hydrogens (tertiary/aromatic N) is 4. The van der Waals surface area contributed by atoms with E-state index in [2.05, 4.69) is 14.9 Å². The number of amides is 1. The number of aromatic nitrogens is 2. The molecule has 2 aliphatic heterocycles. The van der Waals surface area contributed by atoms with E-state index in [0.29, 0.717) is 13.0 Å². The number of anilines is 1. The number of piperidine rings is 2. The summed E-state index contributed by atoms with van der Waals surface area (Å²) in [5.74, 6) is -0.808. The Kier molecular flexibility index (Phi) is 4.98. The molecule has 2 saturated heterocycles. The number of pyridine rings is 2. The largest absolute Gasteiger partial charge is 0.477 e. The van der Waals surface area contributed by atoms with Gasteiger partial charge in [0.05, 0.1) is 0 Å². The standard InChI is InChI=1S/C21H24N4O3/c26-19-2-7-21(15-25(19)13-16-3-8-22-9-4-16)6-1-11-24(14-21)17-5-10-23-18(12-17)20(27)28/h3-5,8-10,12H,1-2,6-7,11,13-15H2,(H,27,28). The molecular weight excluding hydrogens is 356 g/mol. The van der Waals surface area contributed by atoms with Gasteiger partial charge in [-0.1, -0.05) is 0 Å². The van der Waals surface area contributed by atoms with Crippen molar-refractivity contribution < 1.29 is 14.7 Å². The van der Waals surface area contributed by atoms with Crippen LogP contribution in [0.3, 0.4) is 0 Å². The van der Waals surface area contributed by atoms with Crippen molar-refractivity contribution in [3.05, 3.63) is 54.1 Å². The fraction of sp³-hybridized carbons (Fsp3) is 0.429. The zero-order valence-electron chi connectivity index (χ0n) is 15.8. The van der Waals surface area contributed by atoms with Gasteiger partial charge < -0.3 is 14.9 Å². The minimum Gasteiger partial charge on any atom is -0.477 e. The van der Waals surface area contributed by atoms with Crippen LogP contribution in [-0.4, -0.2) is 51.5 Å². The smallest absolute Gasteiger partial charge is 0.354 e. The van der Waals surface area contributed by atoms with Gasteiger partial charge in [0.1, 0.15) is 5.69 Å². The van der Waals surface area contributed by atoms with Crippen molar-refractivity contribution in [2.75, 3.05) is 24.5 Å². The maximum atomic E-state index is 12.5. The van der Waals surface area contributed by atoms with Gasteiger partial charge in [-0.25, -0.2) is 9.78 Å². The van der Waals surface area contributed by atoms with Crippen molar-refractivity contribution in [2.24, 2.45) is 5.41 Å². The monoisotopic (exact) mass is 380 g/mol. The lowest BCUT2D eigenvalue weighted by molar-refractivity contribution is -0.138. The van der Waals surface area contributed by atoms with E-state index in [4.69, 9.17) is 0 Å². The van der Waals surface area contributed by atoms with Crippen molar-refractivity contribution in [1.82, 2.24) is 14.9 Å². The van der Waals surface area contributed by atoms with Gasteiger partial charge in [-0.05, 0) is 49.1 Å². The zero-order valence-corrected chi connectivity index (χ0v) is 15.8. The fourth-order valence-corrected chi connectivity index (χ4v) is 4.45. The zero-order chi connectivity index (χ0) is 19.6. The molecule has 4 heterocycles. The summed E-state index contributed by atoms with van der Waals surface area (Å²) in [7, 11) is 0. The van der Waals surface area contributed by atoms with Crippen LogP contribution in [0.4, 0.5) is 5.69 Å². The second kappa shape index (κ2) is 7.58. The third kappa shape index (κ3) is 3.83. The van der Waals surface area contributed by atoms with Crippen LogP contribution in [0, 0.1) is 5.41 Å². The summed E-state index contributed by atoms with van der Waals surface area (Å²) in [6.45, 7) is 3.07. The van der Waals surface area contributed by atoms with Gasteiger partial charge in [-0.3, -0.25) is 9.78 Å². The molecule has 0 radical (unpaired) electrons. The molecule has 0 aromatic carbocycles. The summed E-state index contributed by atoms with van der Waals surface area (Å²) in [6.07, 6.45) is 8.63. The number of carbonyl (C=O) groups excluding carboxylic acids is 1. The minimum absolute atomic E-state index is 0.0475. The number of hydrogen-bond acceptors (Lipinski definition) is 5. The van der Waals surface area contributed by atoms with Crippen LogP contribution in [-0.2, 0) is 11.3 Å². The SMILES string of the molecule is O=C(O)c1cc(N2CCCC3(CCC(=O)N(Cc4ccncc4)C3)C2)ccn1. The first-order chi connectivity index (χ1) is 13.5. The van der Waals surface area contributed by atoms with Crippen LogP contribution in [0.2, 0.25) is 0 Å². The maximum Gasteiger partial charge on any atom is 0.354 e. The maximum absolute atomic E-state index is 12.5. The Balaban J connectivity index is 1.51. The van der Waals surface area contributed by atoms with Crippen LogP contribution in [0.25, 0.3) is 0 Å². The molecule has 2 aromatic rings. The van der Waals surface area contributed by atoms with Gasteiger partial charge in [-0.2, -0.15) is 0 Å². The Labute approximate surface area is 164 Å². The molecule has 1 atom stereocenters. The van der Waals surface area contributed by atoms with E-state index in [-0.39, 0.29) is 17.0 Å². The minimum atomic E-state index is -1.01. The molecule has 1 unspecified atom stereocenters. The molecule has 2 aromatic heterocycles. The van der Waals surface area contributed by atoms with E-state index >= 15 is 0 Å². The van der Waals surface area contributed by atoms with Gasteiger partial charge in [0, 0.05) is 62.3 Å². The van der Waals surface area contributed by atoms with Crippen molar-refractivity contribution in [2.45, 2.75) is 32.2 Å². The summed E-state index contributed by atoms with van der Waals surface area (Å²) in [5.41, 5.74) is 2.10. The molecule has 1 amide bonds. The number of carboxylic acid groups (broad SMARTS) is 1. The molecule has 1 N–H and O–H groups in total. The number of likely N-dealkylation sites (tertiary alicyclic amines) is 1. The van der Waals surface area contributed by atoms with E-state index in [1.807, 2.05) is 23.1 Å². The summed E-state index contributed by atoms with van der Waals surface area (Å²) < 4.78 is 0. The van der Waals surface area contributed by atoms with E-state index in [1.165, 1.54) is 0 Å². The Bertz CT molecular complexity index is 873. The van der Waals surface area contributed by atoms with Crippen LogP contribution < -0.4 is 4.90 Å². The highest BCUT2D eigenvalue weighted by Gasteiger charge is 2.41. The Morgan fingerprint density at radius 3 is 2.75 bits per heavy atom. The van der Waals surface area contributed by atoms with Crippen molar-refractivity contribution >= 4 is 17.6 Å². The molecule has 2 fully saturated rings. The quantitative estimate of drug-likeness (QED) is 0.877. The Hall–Kier alpha value is -2.96. The average Bonchev–Trinajstić information content (AvgIpc) is 2.72. The fourth-order valence-electron chi connectivity index (χ4n) is 4.45. The lowest BCUT2D eigenvalue weighted by atomic mass is 9.73. The molecule has 28 heavy (non-hydrogen) atoms. The number of carbonyl (C=O) groups is 2. The highest BCUT2D eigenvalue weighted by molar-refractivity contribution is 5.86. The van der Waals surface area contributed by atoms with Crippen LogP contribution in [0.5, 0.6) is 0 Å². The van der Waals surface area contributed by atoms with Crippen LogP contribution in [0.15, 0.2) is 42.9 Å².